The number of rotatable bonds is 7. The zero-order chi connectivity index (χ0) is 17.1. The highest BCUT2D eigenvalue weighted by Gasteiger charge is 2.37. The minimum atomic E-state index is -3.59. The molecule has 0 saturated carbocycles. The Morgan fingerprint density at radius 3 is 2.39 bits per heavy atom. The largest absolute Gasteiger partial charge is 0.497 e. The van der Waals surface area contributed by atoms with E-state index in [0.717, 1.165) is 0 Å². The zero-order valence-electron chi connectivity index (χ0n) is 13.2. The van der Waals surface area contributed by atoms with Gasteiger partial charge in [-0.25, -0.2) is 21.6 Å². The van der Waals surface area contributed by atoms with Crippen molar-refractivity contribution in [3.05, 3.63) is 24.3 Å². The summed E-state index contributed by atoms with van der Waals surface area (Å²) in [5.74, 6) is 0.847. The van der Waals surface area contributed by atoms with Crippen LogP contribution in [0.2, 0.25) is 0 Å². The number of ether oxygens (including phenoxy) is 1. The molecule has 1 aliphatic rings. The molecule has 1 aromatic carbocycles. The van der Waals surface area contributed by atoms with E-state index in [-0.39, 0.29) is 22.9 Å². The monoisotopic (exact) mass is 362 g/mol. The average molecular weight is 362 g/mol. The molecule has 1 aliphatic heterocycles. The van der Waals surface area contributed by atoms with Gasteiger partial charge in [0.15, 0.2) is 9.84 Å². The van der Waals surface area contributed by atoms with Crippen LogP contribution in [0.4, 0.5) is 0 Å². The van der Waals surface area contributed by atoms with Crippen LogP contribution in [0.3, 0.4) is 0 Å². The van der Waals surface area contributed by atoms with E-state index in [9.17, 15) is 16.8 Å². The van der Waals surface area contributed by atoms with Gasteiger partial charge in [0.2, 0.25) is 10.0 Å². The maximum Gasteiger partial charge on any atom is 0.240 e. The molecule has 2 N–H and O–H groups in total. The van der Waals surface area contributed by atoms with E-state index in [2.05, 4.69) is 10.0 Å². The van der Waals surface area contributed by atoms with E-state index in [4.69, 9.17) is 4.74 Å². The first-order valence-electron chi connectivity index (χ1n) is 7.25. The molecular weight excluding hydrogens is 340 g/mol. The first-order valence-corrected chi connectivity index (χ1v) is 10.6. The fraction of sp³-hybridized carbons (Fsp3) is 0.571. The first kappa shape index (κ1) is 18.2. The second kappa shape index (κ2) is 6.76. The summed E-state index contributed by atoms with van der Waals surface area (Å²) < 4.78 is 54.8. The molecule has 1 aromatic rings. The van der Waals surface area contributed by atoms with Crippen LogP contribution < -0.4 is 14.8 Å². The molecule has 130 valence electrons. The molecule has 0 bridgehead atoms. The number of benzene rings is 1. The van der Waals surface area contributed by atoms with Crippen molar-refractivity contribution in [3.63, 3.8) is 0 Å². The van der Waals surface area contributed by atoms with Gasteiger partial charge in [0.1, 0.15) is 5.75 Å². The molecule has 1 fully saturated rings. The van der Waals surface area contributed by atoms with Crippen LogP contribution >= 0.6 is 0 Å². The Labute approximate surface area is 137 Å². The highest BCUT2D eigenvalue weighted by atomic mass is 32.2. The standard InChI is InChI=1S/C14H22N2O5S2/c1-14(7-10-22(17,18)11-14)15-8-9-16-23(19,20)13-5-3-12(21-2)4-6-13/h3-6,15-16H,7-11H2,1-2H3/t14-/m1/s1. The predicted molar refractivity (Wildman–Crippen MR) is 87.9 cm³/mol. The fourth-order valence-electron chi connectivity index (χ4n) is 2.54. The Balaban J connectivity index is 1.85. The number of sulfone groups is 1. The fourth-order valence-corrected chi connectivity index (χ4v) is 5.69. The van der Waals surface area contributed by atoms with Crippen molar-refractivity contribution in [3.8, 4) is 5.75 Å². The topological polar surface area (TPSA) is 102 Å². The van der Waals surface area contributed by atoms with Gasteiger partial charge in [-0.2, -0.15) is 0 Å². The zero-order valence-corrected chi connectivity index (χ0v) is 14.8. The summed E-state index contributed by atoms with van der Waals surface area (Å²) in [7, 11) is -5.06. The summed E-state index contributed by atoms with van der Waals surface area (Å²) in [5, 5.41) is 3.13. The third-order valence-electron chi connectivity index (χ3n) is 3.84. The molecule has 0 aliphatic carbocycles. The molecule has 0 unspecified atom stereocenters. The van der Waals surface area contributed by atoms with Gasteiger partial charge < -0.3 is 10.1 Å². The number of sulfonamides is 1. The minimum absolute atomic E-state index is 0.0885. The Morgan fingerprint density at radius 1 is 1.22 bits per heavy atom. The highest BCUT2D eigenvalue weighted by molar-refractivity contribution is 7.91. The Hall–Kier alpha value is -1.16. The smallest absolute Gasteiger partial charge is 0.240 e. The van der Waals surface area contributed by atoms with Crippen LogP contribution in [0.15, 0.2) is 29.2 Å². The van der Waals surface area contributed by atoms with Crippen molar-refractivity contribution in [2.24, 2.45) is 0 Å². The summed E-state index contributed by atoms with van der Waals surface area (Å²) in [6.07, 6.45) is 0.542. The van der Waals surface area contributed by atoms with E-state index in [0.29, 0.717) is 18.7 Å². The van der Waals surface area contributed by atoms with Crippen LogP contribution in [0, 0.1) is 0 Å². The molecular formula is C14H22N2O5S2. The van der Waals surface area contributed by atoms with Gasteiger partial charge in [-0.15, -0.1) is 0 Å². The van der Waals surface area contributed by atoms with E-state index in [1.807, 2.05) is 6.92 Å². The third kappa shape index (κ3) is 4.90. The quantitative estimate of drug-likeness (QED) is 0.669. The molecule has 1 heterocycles. The molecule has 1 atom stereocenters. The van der Waals surface area contributed by atoms with Crippen LogP contribution in [-0.2, 0) is 19.9 Å². The summed E-state index contributed by atoms with van der Waals surface area (Å²) in [5.41, 5.74) is -0.482. The summed E-state index contributed by atoms with van der Waals surface area (Å²) in [6.45, 7) is 2.39. The summed E-state index contributed by atoms with van der Waals surface area (Å²) >= 11 is 0. The molecule has 23 heavy (non-hydrogen) atoms. The van der Waals surface area contributed by atoms with Crippen LogP contribution in [-0.4, -0.2) is 54.1 Å². The van der Waals surface area contributed by atoms with Gasteiger partial charge in [0, 0.05) is 18.6 Å². The molecule has 1 saturated heterocycles. The van der Waals surface area contributed by atoms with Gasteiger partial charge in [0.05, 0.1) is 23.5 Å². The minimum Gasteiger partial charge on any atom is -0.497 e. The Morgan fingerprint density at radius 2 is 1.87 bits per heavy atom. The predicted octanol–water partition coefficient (Wildman–Crippen LogP) is 0.140. The van der Waals surface area contributed by atoms with Crippen LogP contribution in [0.25, 0.3) is 0 Å². The lowest BCUT2D eigenvalue weighted by atomic mass is 10.0. The van der Waals surface area contributed by atoms with Crippen molar-refractivity contribution >= 4 is 19.9 Å². The molecule has 0 amide bonds. The van der Waals surface area contributed by atoms with Gasteiger partial charge in [0.25, 0.3) is 0 Å². The van der Waals surface area contributed by atoms with E-state index in [1.165, 1.54) is 19.2 Å². The van der Waals surface area contributed by atoms with Gasteiger partial charge in [-0.3, -0.25) is 0 Å². The normalized spacial score (nSPS) is 23.7. The maximum atomic E-state index is 12.1. The van der Waals surface area contributed by atoms with Crippen LogP contribution in [0.5, 0.6) is 5.75 Å². The molecule has 0 spiro atoms. The molecule has 2 rings (SSSR count). The van der Waals surface area contributed by atoms with E-state index in [1.54, 1.807) is 12.1 Å². The maximum absolute atomic E-state index is 12.1. The van der Waals surface area contributed by atoms with Crippen molar-refractivity contribution < 1.29 is 21.6 Å². The second-order valence-electron chi connectivity index (χ2n) is 5.90. The van der Waals surface area contributed by atoms with Crippen molar-refractivity contribution in [2.45, 2.75) is 23.8 Å². The first-order chi connectivity index (χ1) is 10.7. The highest BCUT2D eigenvalue weighted by Crippen LogP contribution is 2.22. The van der Waals surface area contributed by atoms with E-state index >= 15 is 0 Å². The average Bonchev–Trinajstić information content (AvgIpc) is 2.78. The number of hydrogen-bond donors (Lipinski definition) is 2. The summed E-state index contributed by atoms with van der Waals surface area (Å²) in [4.78, 5) is 0.160. The second-order valence-corrected chi connectivity index (χ2v) is 9.85. The molecule has 7 nitrogen and oxygen atoms in total. The number of methoxy groups -OCH3 is 1. The third-order valence-corrected chi connectivity index (χ3v) is 7.22. The van der Waals surface area contributed by atoms with Crippen molar-refractivity contribution in [1.82, 2.24) is 10.0 Å². The molecule has 9 heteroatoms. The van der Waals surface area contributed by atoms with E-state index < -0.39 is 25.4 Å². The molecule has 0 aromatic heterocycles. The Kier molecular flexibility index (Phi) is 5.34. The summed E-state index contributed by atoms with van der Waals surface area (Å²) in [6, 6.07) is 6.10. The lowest BCUT2D eigenvalue weighted by Crippen LogP contribution is -2.46. The lowest BCUT2D eigenvalue weighted by Gasteiger charge is -2.24. The SMILES string of the molecule is COc1ccc(S(=O)(=O)NCCN[C@]2(C)CCS(=O)(=O)C2)cc1. The number of nitrogens with one attached hydrogen (secondary N) is 2. The Bertz CT molecular complexity index is 744. The molecule has 0 radical (unpaired) electrons. The lowest BCUT2D eigenvalue weighted by molar-refractivity contribution is 0.400. The number of hydrogen-bond acceptors (Lipinski definition) is 6. The van der Waals surface area contributed by atoms with Crippen molar-refractivity contribution in [1.29, 1.82) is 0 Å². The van der Waals surface area contributed by atoms with Crippen LogP contribution in [0.1, 0.15) is 13.3 Å². The van der Waals surface area contributed by atoms with Crippen molar-refractivity contribution in [2.75, 3.05) is 31.7 Å². The van der Waals surface area contributed by atoms with Gasteiger partial charge in [-0.1, -0.05) is 0 Å². The van der Waals surface area contributed by atoms with Gasteiger partial charge >= 0.3 is 0 Å². The van der Waals surface area contributed by atoms with Gasteiger partial charge in [-0.05, 0) is 37.6 Å².